The smallest absolute Gasteiger partial charge is 0.406 e. The molecule has 26 heavy (non-hydrogen) atoms. The highest BCUT2D eigenvalue weighted by Gasteiger charge is 2.31. The van der Waals surface area contributed by atoms with E-state index in [4.69, 9.17) is 0 Å². The number of nitrogens with zero attached hydrogens (tertiary/aromatic N) is 2. The van der Waals surface area contributed by atoms with Crippen molar-refractivity contribution in [1.82, 2.24) is 9.97 Å². The Morgan fingerprint density at radius 1 is 1.08 bits per heavy atom. The van der Waals surface area contributed by atoms with E-state index < -0.39 is 19.1 Å². The SMILES string of the molecule is OCC(O)c1c(I)cc(-c2ccc(OC(F)(F)F)cc2)c2nccnc12. The molecule has 5 nitrogen and oxygen atoms in total. The van der Waals surface area contributed by atoms with Crippen LogP contribution in [0.5, 0.6) is 5.75 Å². The van der Waals surface area contributed by atoms with Gasteiger partial charge in [0.25, 0.3) is 0 Å². The molecule has 0 saturated carbocycles. The summed E-state index contributed by atoms with van der Waals surface area (Å²) in [5.74, 6) is -0.321. The van der Waals surface area contributed by atoms with Crippen LogP contribution in [0.1, 0.15) is 11.7 Å². The van der Waals surface area contributed by atoms with Crippen LogP contribution in [0.15, 0.2) is 42.7 Å². The molecule has 0 aliphatic carbocycles. The van der Waals surface area contributed by atoms with Gasteiger partial charge in [0.05, 0.1) is 17.6 Å². The molecule has 0 aliphatic rings. The highest BCUT2D eigenvalue weighted by Crippen LogP contribution is 2.35. The molecule has 3 rings (SSSR count). The van der Waals surface area contributed by atoms with Crippen molar-refractivity contribution < 1.29 is 28.1 Å². The number of fused-ring (bicyclic) bond motifs is 1. The molecule has 2 aromatic carbocycles. The number of aliphatic hydroxyl groups is 2. The Labute approximate surface area is 159 Å². The van der Waals surface area contributed by atoms with Crippen LogP contribution in [0, 0.1) is 3.57 Å². The number of hydrogen-bond donors (Lipinski definition) is 2. The number of rotatable bonds is 4. The van der Waals surface area contributed by atoms with E-state index in [0.717, 1.165) is 0 Å². The zero-order valence-electron chi connectivity index (χ0n) is 13.0. The molecular formula is C17H12F3IN2O3. The molecule has 0 fully saturated rings. The highest BCUT2D eigenvalue weighted by molar-refractivity contribution is 14.1. The Hall–Kier alpha value is -1.98. The zero-order chi connectivity index (χ0) is 18.9. The third-order valence-corrected chi connectivity index (χ3v) is 4.53. The predicted molar refractivity (Wildman–Crippen MR) is 96.4 cm³/mol. The van der Waals surface area contributed by atoms with Crippen LogP contribution in [0.2, 0.25) is 0 Å². The molecule has 0 bridgehead atoms. The number of aliphatic hydroxyl groups excluding tert-OH is 2. The largest absolute Gasteiger partial charge is 0.573 e. The van der Waals surface area contributed by atoms with Crippen LogP contribution >= 0.6 is 22.6 Å². The minimum Gasteiger partial charge on any atom is -0.406 e. The summed E-state index contributed by atoms with van der Waals surface area (Å²) in [6.07, 6.45) is -2.92. The number of alkyl halides is 3. The summed E-state index contributed by atoms with van der Waals surface area (Å²) >= 11 is 2.01. The topological polar surface area (TPSA) is 75.5 Å². The Morgan fingerprint density at radius 2 is 1.69 bits per heavy atom. The van der Waals surface area contributed by atoms with E-state index in [0.29, 0.717) is 31.3 Å². The summed E-state index contributed by atoms with van der Waals surface area (Å²) in [5.41, 5.74) is 2.61. The first-order chi connectivity index (χ1) is 12.3. The maximum absolute atomic E-state index is 12.3. The summed E-state index contributed by atoms with van der Waals surface area (Å²) < 4.78 is 41.4. The molecule has 9 heteroatoms. The van der Waals surface area contributed by atoms with Gasteiger partial charge in [0, 0.05) is 27.1 Å². The fourth-order valence-corrected chi connectivity index (χ4v) is 3.51. The van der Waals surface area contributed by atoms with E-state index in [-0.39, 0.29) is 5.75 Å². The van der Waals surface area contributed by atoms with Gasteiger partial charge in [-0.25, -0.2) is 0 Å². The van der Waals surface area contributed by atoms with Crippen LogP contribution in [-0.4, -0.2) is 33.2 Å². The van der Waals surface area contributed by atoms with Crippen LogP contribution < -0.4 is 4.74 Å². The molecule has 1 unspecified atom stereocenters. The monoisotopic (exact) mass is 476 g/mol. The minimum absolute atomic E-state index is 0.321. The summed E-state index contributed by atoms with van der Waals surface area (Å²) in [4.78, 5) is 8.54. The van der Waals surface area contributed by atoms with Gasteiger partial charge in [0.15, 0.2) is 0 Å². The molecule has 1 heterocycles. The first-order valence-electron chi connectivity index (χ1n) is 7.38. The lowest BCUT2D eigenvalue weighted by atomic mass is 9.99. The van der Waals surface area contributed by atoms with Gasteiger partial charge in [-0.1, -0.05) is 12.1 Å². The van der Waals surface area contributed by atoms with Crippen molar-refractivity contribution in [2.75, 3.05) is 6.61 Å². The minimum atomic E-state index is -4.75. The normalized spacial score (nSPS) is 13.0. The van der Waals surface area contributed by atoms with Crippen LogP contribution in [0.25, 0.3) is 22.2 Å². The quantitative estimate of drug-likeness (QED) is 0.561. The maximum atomic E-state index is 12.3. The van der Waals surface area contributed by atoms with Crippen molar-refractivity contribution in [1.29, 1.82) is 0 Å². The molecule has 1 atom stereocenters. The van der Waals surface area contributed by atoms with Crippen LogP contribution in [0.3, 0.4) is 0 Å². The second-order valence-electron chi connectivity index (χ2n) is 5.34. The van der Waals surface area contributed by atoms with E-state index >= 15 is 0 Å². The summed E-state index contributed by atoms with van der Waals surface area (Å²) in [5, 5.41) is 19.3. The van der Waals surface area contributed by atoms with Crippen molar-refractivity contribution >= 4 is 33.6 Å². The van der Waals surface area contributed by atoms with Gasteiger partial charge in [-0.2, -0.15) is 0 Å². The molecule has 0 spiro atoms. The molecule has 3 aromatic rings. The summed E-state index contributed by atoms with van der Waals surface area (Å²) in [6.45, 7) is -0.468. The van der Waals surface area contributed by atoms with Gasteiger partial charge in [0.1, 0.15) is 11.9 Å². The van der Waals surface area contributed by atoms with Crippen molar-refractivity contribution in [3.63, 3.8) is 0 Å². The third-order valence-electron chi connectivity index (χ3n) is 3.64. The molecule has 0 radical (unpaired) electrons. The van der Waals surface area contributed by atoms with Crippen molar-refractivity contribution in [3.8, 4) is 16.9 Å². The Morgan fingerprint density at radius 3 is 2.27 bits per heavy atom. The molecule has 0 saturated heterocycles. The van der Waals surface area contributed by atoms with Gasteiger partial charge < -0.3 is 14.9 Å². The molecule has 2 N–H and O–H groups in total. The third kappa shape index (κ3) is 3.89. The van der Waals surface area contributed by atoms with E-state index in [1.807, 2.05) is 22.6 Å². The van der Waals surface area contributed by atoms with Crippen LogP contribution in [-0.2, 0) is 0 Å². The lowest BCUT2D eigenvalue weighted by molar-refractivity contribution is -0.274. The fraction of sp³-hybridized carbons (Fsp3) is 0.176. The van der Waals surface area contributed by atoms with Gasteiger partial charge in [-0.05, 0) is 46.4 Å². The molecule has 1 aromatic heterocycles. The maximum Gasteiger partial charge on any atom is 0.573 e. The molecule has 136 valence electrons. The molecular weight excluding hydrogens is 464 g/mol. The Bertz CT molecular complexity index is 933. The molecule has 0 amide bonds. The van der Waals surface area contributed by atoms with E-state index in [9.17, 15) is 23.4 Å². The average Bonchev–Trinajstić information content (AvgIpc) is 2.60. The Kier molecular flexibility index (Phi) is 5.30. The lowest BCUT2D eigenvalue weighted by Gasteiger charge is -2.16. The van der Waals surface area contributed by atoms with Crippen LogP contribution in [0.4, 0.5) is 13.2 Å². The number of ether oxygens (including phenoxy) is 1. The summed E-state index contributed by atoms with van der Waals surface area (Å²) in [6, 6.07) is 7.15. The zero-order valence-corrected chi connectivity index (χ0v) is 15.2. The van der Waals surface area contributed by atoms with E-state index in [1.165, 1.54) is 36.7 Å². The number of hydrogen-bond acceptors (Lipinski definition) is 5. The van der Waals surface area contributed by atoms with Crippen molar-refractivity contribution in [2.45, 2.75) is 12.5 Å². The second kappa shape index (κ2) is 7.33. The standard InChI is InChI=1S/C17H12F3IN2O3/c18-17(19,20)26-10-3-1-9(2-4-10)11-7-12(21)14(13(25)8-24)16-15(11)22-5-6-23-16/h1-7,13,24-25H,8H2. The first kappa shape index (κ1) is 18.8. The van der Waals surface area contributed by atoms with Gasteiger partial charge in [-0.15, -0.1) is 13.2 Å². The van der Waals surface area contributed by atoms with Crippen molar-refractivity contribution in [3.05, 3.63) is 51.9 Å². The van der Waals surface area contributed by atoms with E-state index in [2.05, 4.69) is 14.7 Å². The average molecular weight is 476 g/mol. The lowest BCUT2D eigenvalue weighted by Crippen LogP contribution is -2.16. The number of benzene rings is 2. The number of aromatic nitrogens is 2. The van der Waals surface area contributed by atoms with Gasteiger partial charge in [-0.3, -0.25) is 9.97 Å². The summed E-state index contributed by atoms with van der Waals surface area (Å²) in [7, 11) is 0. The van der Waals surface area contributed by atoms with E-state index in [1.54, 1.807) is 6.07 Å². The fourth-order valence-electron chi connectivity index (χ4n) is 2.58. The first-order valence-corrected chi connectivity index (χ1v) is 8.46. The second-order valence-corrected chi connectivity index (χ2v) is 6.51. The highest BCUT2D eigenvalue weighted by atomic mass is 127. The number of halogens is 4. The Balaban J connectivity index is 2.11. The van der Waals surface area contributed by atoms with Crippen molar-refractivity contribution in [2.24, 2.45) is 0 Å². The molecule has 0 aliphatic heterocycles. The predicted octanol–water partition coefficient (Wildman–Crippen LogP) is 3.83. The van der Waals surface area contributed by atoms with Gasteiger partial charge >= 0.3 is 6.36 Å². The van der Waals surface area contributed by atoms with Gasteiger partial charge in [0.2, 0.25) is 0 Å².